The highest BCUT2D eigenvalue weighted by Crippen LogP contribution is 2.42. The minimum absolute atomic E-state index is 0.186. The van der Waals surface area contributed by atoms with E-state index in [0.29, 0.717) is 12.3 Å². The lowest BCUT2D eigenvalue weighted by Crippen LogP contribution is -2.18. The Hall–Kier alpha value is -3.11. The number of hydrogen-bond acceptors (Lipinski definition) is 3. The Labute approximate surface area is 207 Å². The van der Waals surface area contributed by atoms with Crippen molar-refractivity contribution < 1.29 is 5.11 Å². The molecule has 0 fully saturated rings. The third kappa shape index (κ3) is 5.02. The van der Waals surface area contributed by atoms with E-state index < -0.39 is 0 Å². The lowest BCUT2D eigenvalue weighted by atomic mass is 9.78. The van der Waals surface area contributed by atoms with Crippen molar-refractivity contribution in [3.05, 3.63) is 99.7 Å². The molecule has 0 saturated carbocycles. The lowest BCUT2D eigenvalue weighted by molar-refractivity contribution is 0.423. The van der Waals surface area contributed by atoms with Crippen molar-refractivity contribution in [1.29, 1.82) is 0 Å². The van der Waals surface area contributed by atoms with Crippen LogP contribution in [0.3, 0.4) is 0 Å². The van der Waals surface area contributed by atoms with Gasteiger partial charge in [-0.1, -0.05) is 90.1 Å². The van der Waals surface area contributed by atoms with Gasteiger partial charge in [0.1, 0.15) is 5.75 Å². The molecule has 0 atom stereocenters. The average Bonchev–Trinajstić information content (AvgIpc) is 3.21. The molecule has 0 aliphatic rings. The first kappa shape index (κ1) is 24.0. The molecule has 0 radical (unpaired) electrons. The van der Waals surface area contributed by atoms with Crippen LogP contribution in [-0.2, 0) is 17.4 Å². The molecule has 4 rings (SSSR count). The minimum atomic E-state index is -0.186. The van der Waals surface area contributed by atoms with Gasteiger partial charge in [0.2, 0.25) is 0 Å². The lowest BCUT2D eigenvalue weighted by Gasteiger charge is -2.28. The first-order chi connectivity index (χ1) is 16.1. The van der Waals surface area contributed by atoms with Gasteiger partial charge in [-0.2, -0.15) is 0 Å². The molecule has 0 spiro atoms. The summed E-state index contributed by atoms with van der Waals surface area (Å²) in [5, 5.41) is 13.4. The number of thiazole rings is 1. The quantitative estimate of drug-likeness (QED) is 0.327. The molecule has 0 saturated heterocycles. The van der Waals surface area contributed by atoms with Crippen molar-refractivity contribution in [2.45, 2.75) is 58.9 Å². The van der Waals surface area contributed by atoms with Crippen LogP contribution in [0.5, 0.6) is 5.75 Å². The smallest absolute Gasteiger partial charge is 0.190 e. The van der Waals surface area contributed by atoms with Gasteiger partial charge in [-0.05, 0) is 40.7 Å². The molecule has 34 heavy (non-hydrogen) atoms. The fraction of sp³-hybridized carbons (Fsp3) is 0.300. The van der Waals surface area contributed by atoms with E-state index in [1.54, 1.807) is 11.3 Å². The molecule has 0 aliphatic carbocycles. The predicted octanol–water partition coefficient (Wildman–Crippen LogP) is 7.61. The summed E-state index contributed by atoms with van der Waals surface area (Å²) in [5.74, 6) is 0.402. The largest absolute Gasteiger partial charge is 0.507 e. The van der Waals surface area contributed by atoms with Gasteiger partial charge in [-0.25, -0.2) is 0 Å². The summed E-state index contributed by atoms with van der Waals surface area (Å²) < 4.78 is 2.23. The molecule has 3 nitrogen and oxygen atoms in total. The molecular weight excluding hydrogens is 436 g/mol. The van der Waals surface area contributed by atoms with Crippen LogP contribution >= 0.6 is 11.3 Å². The molecule has 0 unspecified atom stereocenters. The topological polar surface area (TPSA) is 37.5 Å². The van der Waals surface area contributed by atoms with Gasteiger partial charge in [0.15, 0.2) is 4.80 Å². The first-order valence-corrected chi connectivity index (χ1v) is 12.6. The number of para-hydroxylation sites is 1. The standard InChI is InChI=1S/C30H34N2OS/c1-29(2,3)24-17-22(18-25(27(24)33)30(4,5)6)26-20-34-28(31-19-21-13-9-7-10-14-21)32(26)23-15-11-8-12-16-23/h7-18,20,33H,19H2,1-6H3. The Bertz CT molecular complexity index is 1300. The third-order valence-corrected chi connectivity index (χ3v) is 6.85. The van der Waals surface area contributed by atoms with Gasteiger partial charge in [-0.3, -0.25) is 9.56 Å². The van der Waals surface area contributed by atoms with Gasteiger partial charge in [-0.15, -0.1) is 11.3 Å². The van der Waals surface area contributed by atoms with E-state index in [0.717, 1.165) is 32.9 Å². The number of aromatic hydroxyl groups is 1. The van der Waals surface area contributed by atoms with Crippen molar-refractivity contribution in [2.24, 2.45) is 4.99 Å². The molecule has 0 aliphatic heterocycles. The van der Waals surface area contributed by atoms with Crippen molar-refractivity contribution in [3.63, 3.8) is 0 Å². The highest BCUT2D eigenvalue weighted by Gasteiger charge is 2.27. The summed E-state index contributed by atoms with van der Waals surface area (Å²) in [7, 11) is 0. The first-order valence-electron chi connectivity index (χ1n) is 11.7. The maximum atomic E-state index is 11.2. The second-order valence-corrected chi connectivity index (χ2v) is 11.6. The van der Waals surface area contributed by atoms with Gasteiger partial charge in [0, 0.05) is 27.8 Å². The number of nitrogens with zero attached hydrogens (tertiary/aromatic N) is 2. The van der Waals surface area contributed by atoms with Crippen LogP contribution in [0.25, 0.3) is 16.9 Å². The van der Waals surface area contributed by atoms with Crippen LogP contribution in [0, 0.1) is 0 Å². The average molecular weight is 471 g/mol. The van der Waals surface area contributed by atoms with Gasteiger partial charge < -0.3 is 5.11 Å². The van der Waals surface area contributed by atoms with E-state index in [2.05, 4.69) is 112 Å². The fourth-order valence-electron chi connectivity index (χ4n) is 4.12. The number of benzene rings is 3. The molecule has 4 heteroatoms. The molecule has 1 N–H and O–H groups in total. The van der Waals surface area contributed by atoms with E-state index in [-0.39, 0.29) is 10.8 Å². The molecule has 0 amide bonds. The number of phenols is 1. The van der Waals surface area contributed by atoms with Crippen molar-refractivity contribution in [3.8, 4) is 22.7 Å². The molecule has 1 aromatic heterocycles. The Kier molecular flexibility index (Phi) is 6.55. The molecule has 4 aromatic rings. The molecule has 1 heterocycles. The highest BCUT2D eigenvalue weighted by atomic mass is 32.1. The molecule has 3 aromatic carbocycles. The number of aromatic nitrogens is 1. The van der Waals surface area contributed by atoms with Crippen LogP contribution in [0.1, 0.15) is 58.2 Å². The van der Waals surface area contributed by atoms with Gasteiger partial charge in [0.05, 0.1) is 12.2 Å². The van der Waals surface area contributed by atoms with E-state index in [9.17, 15) is 5.11 Å². The van der Waals surface area contributed by atoms with Gasteiger partial charge in [0.25, 0.3) is 0 Å². The minimum Gasteiger partial charge on any atom is -0.507 e. The van der Waals surface area contributed by atoms with E-state index in [4.69, 9.17) is 4.99 Å². The number of phenolic OH excluding ortho intramolecular Hbond substituents is 1. The van der Waals surface area contributed by atoms with Crippen molar-refractivity contribution in [1.82, 2.24) is 4.57 Å². The third-order valence-electron chi connectivity index (χ3n) is 5.98. The summed E-state index contributed by atoms with van der Waals surface area (Å²) in [4.78, 5) is 5.94. The zero-order valence-electron chi connectivity index (χ0n) is 21.0. The van der Waals surface area contributed by atoms with Crippen molar-refractivity contribution >= 4 is 11.3 Å². The van der Waals surface area contributed by atoms with Crippen molar-refractivity contribution in [2.75, 3.05) is 0 Å². The predicted molar refractivity (Wildman–Crippen MR) is 144 cm³/mol. The summed E-state index contributed by atoms with van der Waals surface area (Å²) in [5.41, 5.74) is 5.99. The fourth-order valence-corrected chi connectivity index (χ4v) is 5.02. The van der Waals surface area contributed by atoms with Gasteiger partial charge >= 0.3 is 0 Å². The van der Waals surface area contributed by atoms with E-state index in [1.807, 2.05) is 12.1 Å². The normalized spacial score (nSPS) is 12.8. The summed E-state index contributed by atoms with van der Waals surface area (Å²) in [6.07, 6.45) is 0. The molecule has 176 valence electrons. The zero-order valence-corrected chi connectivity index (χ0v) is 21.8. The monoisotopic (exact) mass is 470 g/mol. The Morgan fingerprint density at radius 1 is 0.794 bits per heavy atom. The van der Waals surface area contributed by atoms with Crippen LogP contribution in [0.4, 0.5) is 0 Å². The zero-order chi connectivity index (χ0) is 24.5. The maximum Gasteiger partial charge on any atom is 0.190 e. The molecule has 0 bridgehead atoms. The van der Waals surface area contributed by atoms with Crippen LogP contribution in [0.2, 0.25) is 0 Å². The maximum absolute atomic E-state index is 11.2. The number of hydrogen-bond donors (Lipinski definition) is 1. The highest BCUT2D eigenvalue weighted by molar-refractivity contribution is 7.07. The Morgan fingerprint density at radius 2 is 1.32 bits per heavy atom. The van der Waals surface area contributed by atoms with Crippen LogP contribution < -0.4 is 4.80 Å². The Balaban J connectivity index is 1.96. The summed E-state index contributed by atoms with van der Waals surface area (Å²) >= 11 is 1.65. The summed E-state index contributed by atoms with van der Waals surface area (Å²) in [6.45, 7) is 13.5. The molecular formula is C30H34N2OS. The number of rotatable bonds is 4. The SMILES string of the molecule is CC(C)(C)c1cc(-c2csc(=NCc3ccccc3)n2-c2ccccc2)cc(C(C)(C)C)c1O. The second-order valence-electron chi connectivity index (χ2n) is 10.8. The summed E-state index contributed by atoms with van der Waals surface area (Å²) in [6, 6.07) is 25.0. The van der Waals surface area contributed by atoms with E-state index >= 15 is 0 Å². The van der Waals surface area contributed by atoms with Crippen LogP contribution in [-0.4, -0.2) is 9.67 Å². The second kappa shape index (κ2) is 9.27. The van der Waals surface area contributed by atoms with Crippen LogP contribution in [0.15, 0.2) is 83.2 Å². The van der Waals surface area contributed by atoms with E-state index in [1.165, 1.54) is 5.56 Å². The Morgan fingerprint density at radius 3 is 1.85 bits per heavy atom.